The van der Waals surface area contributed by atoms with Crippen molar-refractivity contribution in [3.05, 3.63) is 99.6 Å². The number of amides is 1. The van der Waals surface area contributed by atoms with E-state index in [9.17, 15) is 23.3 Å². The normalized spacial score (nSPS) is 17.8. The summed E-state index contributed by atoms with van der Waals surface area (Å²) in [6, 6.07) is 20.4. The van der Waals surface area contributed by atoms with Crippen LogP contribution < -0.4 is 5.73 Å². The third kappa shape index (κ3) is 4.83. The van der Waals surface area contributed by atoms with Gasteiger partial charge in [0.25, 0.3) is 21.7 Å². The molecule has 1 atom stereocenters. The molecule has 0 aliphatic carbocycles. The molecule has 0 spiro atoms. The molecule has 3 aromatic carbocycles. The Morgan fingerprint density at radius 2 is 1.67 bits per heavy atom. The second kappa shape index (κ2) is 9.51. The van der Waals surface area contributed by atoms with Gasteiger partial charge in [-0.05, 0) is 46.7 Å². The van der Waals surface area contributed by atoms with Gasteiger partial charge in [0, 0.05) is 19.2 Å². The van der Waals surface area contributed by atoms with Gasteiger partial charge in [0.1, 0.15) is 0 Å². The average molecular weight is 509 g/mol. The lowest BCUT2D eigenvalue weighted by atomic mass is 9.81. The quantitative estimate of drug-likeness (QED) is 0.269. The Hall–Kier alpha value is -4.09. The first kappa shape index (κ1) is 25.0. The third-order valence-corrected chi connectivity index (χ3v) is 6.95. The Bertz CT molecular complexity index is 1470. The highest BCUT2D eigenvalue weighted by atomic mass is 32.2. The minimum absolute atomic E-state index is 0.0452. The minimum atomic E-state index is -4.03. The maximum atomic E-state index is 13.5. The first-order valence-corrected chi connectivity index (χ1v) is 12.7. The zero-order chi connectivity index (χ0) is 26.1. The first-order chi connectivity index (χ1) is 17.0. The van der Waals surface area contributed by atoms with E-state index in [1.807, 2.05) is 0 Å². The van der Waals surface area contributed by atoms with Crippen molar-refractivity contribution in [1.29, 1.82) is 0 Å². The number of nitro benzene ring substituents is 1. The number of likely N-dealkylation sites (N-methyl/N-ethyl adjacent to an activating group) is 1. The fourth-order valence-electron chi connectivity index (χ4n) is 4.28. The molecule has 186 valence electrons. The monoisotopic (exact) mass is 508 g/mol. The van der Waals surface area contributed by atoms with Crippen LogP contribution in [-0.2, 0) is 26.9 Å². The summed E-state index contributed by atoms with van der Waals surface area (Å²) >= 11 is 0. The molecular formula is C25H24N4O6S. The fourth-order valence-corrected chi connectivity index (χ4v) is 4.79. The standard InChI is InChI=1S/C25H24N4O6S/c1-28-23(30)25(27-24(28)26,20-12-10-17(11-13-20)5-4-14-36(33,34)35)21-8-2-6-18(15-21)19-7-3-9-22(16-19)29(31)32/h2-3,6-13,15-16H,4-5,14H2,1H3,(H2,26,27)(H,33,34,35). The van der Waals surface area contributed by atoms with Crippen molar-refractivity contribution in [3.63, 3.8) is 0 Å². The number of benzene rings is 3. The van der Waals surface area contributed by atoms with Crippen LogP contribution in [0.15, 0.2) is 77.8 Å². The number of guanidine groups is 1. The minimum Gasteiger partial charge on any atom is -0.369 e. The fraction of sp³-hybridized carbons (Fsp3) is 0.200. The lowest BCUT2D eigenvalue weighted by Gasteiger charge is -2.27. The lowest BCUT2D eigenvalue weighted by Crippen LogP contribution is -2.41. The molecule has 3 aromatic rings. The maximum absolute atomic E-state index is 13.5. The van der Waals surface area contributed by atoms with Crippen molar-refractivity contribution >= 4 is 27.7 Å². The zero-order valence-corrected chi connectivity index (χ0v) is 20.2. The predicted molar refractivity (Wildman–Crippen MR) is 135 cm³/mol. The summed E-state index contributed by atoms with van der Waals surface area (Å²) in [5.41, 5.74) is 7.79. The SMILES string of the molecule is CN1C(=O)C(c2ccc(CCCS(=O)(=O)O)cc2)(c2cccc(-c3cccc([N+](=O)[O-])c3)c2)N=C1N. The molecule has 0 saturated heterocycles. The molecule has 1 unspecified atom stereocenters. The van der Waals surface area contributed by atoms with E-state index in [0.29, 0.717) is 28.7 Å². The van der Waals surface area contributed by atoms with Crippen LogP contribution in [0.5, 0.6) is 0 Å². The molecule has 10 nitrogen and oxygen atoms in total. The number of carbonyl (C=O) groups is 1. The largest absolute Gasteiger partial charge is 0.369 e. The zero-order valence-electron chi connectivity index (χ0n) is 19.4. The van der Waals surface area contributed by atoms with E-state index in [1.165, 1.54) is 24.1 Å². The van der Waals surface area contributed by atoms with Gasteiger partial charge in [-0.3, -0.25) is 24.4 Å². The van der Waals surface area contributed by atoms with Crippen LogP contribution in [0.2, 0.25) is 0 Å². The number of rotatable bonds is 8. The van der Waals surface area contributed by atoms with E-state index in [-0.39, 0.29) is 29.7 Å². The highest BCUT2D eigenvalue weighted by Crippen LogP contribution is 2.40. The van der Waals surface area contributed by atoms with Crippen molar-refractivity contribution in [3.8, 4) is 11.1 Å². The van der Waals surface area contributed by atoms with Crippen LogP contribution >= 0.6 is 0 Å². The second-order valence-corrected chi connectivity index (χ2v) is 10.1. The van der Waals surface area contributed by atoms with Crippen molar-refractivity contribution in [2.75, 3.05) is 12.8 Å². The van der Waals surface area contributed by atoms with Crippen LogP contribution in [0.1, 0.15) is 23.1 Å². The van der Waals surface area contributed by atoms with Gasteiger partial charge in [-0.1, -0.05) is 54.6 Å². The molecule has 3 N–H and O–H groups in total. The molecule has 0 saturated carbocycles. The van der Waals surface area contributed by atoms with Gasteiger partial charge >= 0.3 is 0 Å². The van der Waals surface area contributed by atoms with Crippen molar-refractivity contribution in [2.24, 2.45) is 10.7 Å². The molecule has 1 aliphatic heterocycles. The van der Waals surface area contributed by atoms with E-state index in [2.05, 4.69) is 4.99 Å². The van der Waals surface area contributed by atoms with Gasteiger partial charge in [-0.25, -0.2) is 4.99 Å². The number of aliphatic imine (C=N–C) groups is 1. The van der Waals surface area contributed by atoms with Crippen LogP contribution in [0.25, 0.3) is 11.1 Å². The lowest BCUT2D eigenvalue weighted by molar-refractivity contribution is -0.384. The molecular weight excluding hydrogens is 484 g/mol. The smallest absolute Gasteiger partial charge is 0.270 e. The predicted octanol–water partition coefficient (Wildman–Crippen LogP) is 3.11. The summed E-state index contributed by atoms with van der Waals surface area (Å²) in [5.74, 6) is -0.638. The van der Waals surface area contributed by atoms with Crippen LogP contribution in [-0.4, -0.2) is 47.5 Å². The number of hydrogen-bond donors (Lipinski definition) is 2. The molecule has 0 aromatic heterocycles. The number of carbonyl (C=O) groups excluding carboxylic acids is 1. The molecule has 11 heteroatoms. The first-order valence-electron chi connectivity index (χ1n) is 11.0. The van der Waals surface area contributed by atoms with Crippen LogP contribution in [0, 0.1) is 10.1 Å². The van der Waals surface area contributed by atoms with Crippen molar-refractivity contribution < 1.29 is 22.7 Å². The summed E-state index contributed by atoms with van der Waals surface area (Å²) < 4.78 is 30.9. The summed E-state index contributed by atoms with van der Waals surface area (Å²) in [7, 11) is -2.50. The molecule has 0 fully saturated rings. The average Bonchev–Trinajstić information content (AvgIpc) is 3.08. The number of hydrogen-bond acceptors (Lipinski definition) is 7. The van der Waals surface area contributed by atoms with E-state index in [4.69, 9.17) is 10.3 Å². The molecule has 36 heavy (non-hydrogen) atoms. The maximum Gasteiger partial charge on any atom is 0.270 e. The summed E-state index contributed by atoms with van der Waals surface area (Å²) in [5, 5.41) is 11.2. The number of non-ortho nitro benzene ring substituents is 1. The number of nitrogens with zero attached hydrogens (tertiary/aromatic N) is 3. The van der Waals surface area contributed by atoms with E-state index >= 15 is 0 Å². The Morgan fingerprint density at radius 1 is 1.03 bits per heavy atom. The molecule has 1 amide bonds. The van der Waals surface area contributed by atoms with Crippen LogP contribution in [0.3, 0.4) is 0 Å². The van der Waals surface area contributed by atoms with Crippen LogP contribution in [0.4, 0.5) is 5.69 Å². The summed E-state index contributed by atoms with van der Waals surface area (Å²) in [6.45, 7) is 0. The summed E-state index contributed by atoms with van der Waals surface area (Å²) in [4.78, 5) is 30.2. The van der Waals surface area contributed by atoms with Gasteiger partial charge in [0.2, 0.25) is 0 Å². The van der Waals surface area contributed by atoms with E-state index in [1.54, 1.807) is 60.7 Å². The van der Waals surface area contributed by atoms with E-state index in [0.717, 1.165) is 5.56 Å². The van der Waals surface area contributed by atoms with Gasteiger partial charge < -0.3 is 5.73 Å². The molecule has 4 rings (SSSR count). The topological polar surface area (TPSA) is 156 Å². The Morgan fingerprint density at radius 3 is 2.25 bits per heavy atom. The molecule has 1 aliphatic rings. The molecule has 1 heterocycles. The number of aryl methyl sites for hydroxylation is 1. The van der Waals surface area contributed by atoms with E-state index < -0.39 is 20.6 Å². The molecule has 0 bridgehead atoms. The third-order valence-electron chi connectivity index (χ3n) is 6.15. The molecule has 0 radical (unpaired) electrons. The Labute approximate surface area is 208 Å². The second-order valence-electron chi connectivity index (χ2n) is 8.52. The highest BCUT2D eigenvalue weighted by Gasteiger charge is 2.49. The summed E-state index contributed by atoms with van der Waals surface area (Å²) in [6.07, 6.45) is 0.677. The Kier molecular flexibility index (Phi) is 6.61. The van der Waals surface area contributed by atoms with Crippen molar-refractivity contribution in [2.45, 2.75) is 18.4 Å². The van der Waals surface area contributed by atoms with Gasteiger partial charge in [0.05, 0.1) is 10.7 Å². The highest BCUT2D eigenvalue weighted by molar-refractivity contribution is 7.85. The number of nitro groups is 1. The van der Waals surface area contributed by atoms with Gasteiger partial charge in [-0.15, -0.1) is 0 Å². The van der Waals surface area contributed by atoms with Gasteiger partial charge in [0.15, 0.2) is 11.5 Å². The Balaban J connectivity index is 1.76. The number of nitrogens with two attached hydrogens (primary N) is 1. The van der Waals surface area contributed by atoms with Gasteiger partial charge in [-0.2, -0.15) is 8.42 Å². The van der Waals surface area contributed by atoms with Crippen molar-refractivity contribution in [1.82, 2.24) is 4.90 Å².